The number of rotatable bonds is 7. The van der Waals surface area contributed by atoms with Gasteiger partial charge in [-0.25, -0.2) is 4.98 Å². The molecule has 0 unspecified atom stereocenters. The minimum absolute atomic E-state index is 0.156. The number of para-hydroxylation sites is 2. The van der Waals surface area contributed by atoms with E-state index in [-0.39, 0.29) is 5.91 Å². The topological polar surface area (TPSA) is 51.3 Å². The van der Waals surface area contributed by atoms with Crippen LogP contribution in [0.3, 0.4) is 0 Å². The van der Waals surface area contributed by atoms with Crippen molar-refractivity contribution in [1.29, 1.82) is 0 Å². The summed E-state index contributed by atoms with van der Waals surface area (Å²) in [6.45, 7) is 5.57. The summed E-state index contributed by atoms with van der Waals surface area (Å²) in [7, 11) is 1.77. The van der Waals surface area contributed by atoms with Crippen molar-refractivity contribution >= 4 is 16.9 Å². The van der Waals surface area contributed by atoms with Crippen LogP contribution in [0.15, 0.2) is 71.3 Å². The van der Waals surface area contributed by atoms with Crippen LogP contribution in [0.5, 0.6) is 0 Å². The minimum atomic E-state index is -0.156. The normalized spacial score (nSPS) is 12.2. The van der Waals surface area contributed by atoms with E-state index in [0.717, 1.165) is 23.3 Å². The van der Waals surface area contributed by atoms with Gasteiger partial charge in [-0.15, -0.1) is 0 Å². The summed E-state index contributed by atoms with van der Waals surface area (Å²) in [6, 6.07) is 20.3. The van der Waals surface area contributed by atoms with Crippen molar-refractivity contribution in [2.24, 2.45) is 0 Å². The van der Waals surface area contributed by atoms with E-state index in [1.54, 1.807) is 24.1 Å². The summed E-state index contributed by atoms with van der Waals surface area (Å²) in [6.07, 6.45) is 2.64. The van der Waals surface area contributed by atoms with E-state index in [0.29, 0.717) is 24.8 Å². The predicted octanol–water partition coefficient (Wildman–Crippen LogP) is 5.46. The highest BCUT2D eigenvalue weighted by Gasteiger charge is 2.19. The van der Waals surface area contributed by atoms with E-state index in [4.69, 9.17) is 9.40 Å². The molecule has 0 aliphatic rings. The van der Waals surface area contributed by atoms with Crippen molar-refractivity contribution in [3.8, 4) is 0 Å². The molecule has 1 amide bonds. The molecule has 154 valence electrons. The quantitative estimate of drug-likeness (QED) is 0.413. The highest BCUT2D eigenvalue weighted by atomic mass is 16.3. The van der Waals surface area contributed by atoms with Crippen LogP contribution in [0.2, 0.25) is 0 Å². The van der Waals surface area contributed by atoms with E-state index in [1.165, 1.54) is 17.4 Å². The van der Waals surface area contributed by atoms with Gasteiger partial charge in [0.25, 0.3) is 5.91 Å². The molecule has 4 rings (SSSR count). The van der Waals surface area contributed by atoms with Gasteiger partial charge in [-0.2, -0.15) is 0 Å². The maximum atomic E-state index is 12.6. The third-order valence-electron chi connectivity index (χ3n) is 5.69. The lowest BCUT2D eigenvalue weighted by Gasteiger charge is -2.17. The van der Waals surface area contributed by atoms with E-state index >= 15 is 0 Å². The molecular weight excluding hydrogens is 374 g/mol. The first-order valence-corrected chi connectivity index (χ1v) is 10.4. The van der Waals surface area contributed by atoms with Gasteiger partial charge < -0.3 is 13.9 Å². The summed E-state index contributed by atoms with van der Waals surface area (Å²) < 4.78 is 7.45. The minimum Gasteiger partial charge on any atom is -0.459 e. The lowest BCUT2D eigenvalue weighted by atomic mass is 9.98. The third kappa shape index (κ3) is 4.01. The average molecular weight is 402 g/mol. The van der Waals surface area contributed by atoms with Gasteiger partial charge in [-0.05, 0) is 47.7 Å². The fourth-order valence-electron chi connectivity index (χ4n) is 3.66. The van der Waals surface area contributed by atoms with Crippen molar-refractivity contribution in [2.45, 2.75) is 39.3 Å². The van der Waals surface area contributed by atoms with E-state index in [1.807, 2.05) is 18.2 Å². The highest BCUT2D eigenvalue weighted by molar-refractivity contribution is 5.91. The molecule has 0 bridgehead atoms. The molecule has 2 aromatic carbocycles. The molecule has 0 saturated heterocycles. The number of nitrogens with zero attached hydrogens (tertiary/aromatic N) is 3. The molecule has 0 N–H and O–H groups in total. The molecule has 30 heavy (non-hydrogen) atoms. The van der Waals surface area contributed by atoms with Gasteiger partial charge in [0.05, 0.1) is 23.8 Å². The van der Waals surface area contributed by atoms with Crippen LogP contribution in [-0.2, 0) is 13.1 Å². The molecule has 0 aliphatic carbocycles. The number of benzene rings is 2. The zero-order valence-corrected chi connectivity index (χ0v) is 17.7. The molecule has 0 saturated carbocycles. The summed E-state index contributed by atoms with van der Waals surface area (Å²) >= 11 is 0. The van der Waals surface area contributed by atoms with Gasteiger partial charge in [0.2, 0.25) is 0 Å². The fourth-order valence-corrected chi connectivity index (χ4v) is 3.66. The van der Waals surface area contributed by atoms with E-state index in [2.05, 4.69) is 48.7 Å². The van der Waals surface area contributed by atoms with Gasteiger partial charge >= 0.3 is 0 Å². The van der Waals surface area contributed by atoms with Crippen LogP contribution in [0.1, 0.15) is 53.7 Å². The Balaban J connectivity index is 1.63. The third-order valence-corrected chi connectivity index (χ3v) is 5.69. The summed E-state index contributed by atoms with van der Waals surface area (Å²) in [5, 5.41) is 0. The van der Waals surface area contributed by atoms with Crippen molar-refractivity contribution < 1.29 is 9.21 Å². The van der Waals surface area contributed by atoms with Gasteiger partial charge in [-0.1, -0.05) is 50.2 Å². The molecule has 0 radical (unpaired) electrons. The van der Waals surface area contributed by atoms with Crippen LogP contribution < -0.4 is 0 Å². The number of fused-ring (bicyclic) bond motifs is 1. The number of imidazole rings is 1. The van der Waals surface area contributed by atoms with Crippen LogP contribution in [0, 0.1) is 0 Å². The molecule has 0 fully saturated rings. The molecule has 2 aromatic heterocycles. The summed E-state index contributed by atoms with van der Waals surface area (Å²) in [4.78, 5) is 19.1. The van der Waals surface area contributed by atoms with E-state index < -0.39 is 0 Å². The van der Waals surface area contributed by atoms with E-state index in [9.17, 15) is 4.79 Å². The second-order valence-electron chi connectivity index (χ2n) is 7.79. The van der Waals surface area contributed by atoms with Crippen molar-refractivity contribution in [3.63, 3.8) is 0 Å². The fraction of sp³-hybridized carbons (Fsp3) is 0.280. The molecule has 2 heterocycles. The largest absolute Gasteiger partial charge is 0.459 e. The zero-order chi connectivity index (χ0) is 21.1. The van der Waals surface area contributed by atoms with Crippen molar-refractivity contribution in [3.05, 3.63) is 89.6 Å². The van der Waals surface area contributed by atoms with Crippen molar-refractivity contribution in [1.82, 2.24) is 14.5 Å². The number of hydrogen-bond acceptors (Lipinski definition) is 3. The number of carbonyl (C=O) groups excluding carboxylic acids is 1. The molecule has 4 aromatic rings. The second-order valence-corrected chi connectivity index (χ2v) is 7.79. The molecule has 5 nitrogen and oxygen atoms in total. The molecular formula is C25H27N3O2. The van der Waals surface area contributed by atoms with Gasteiger partial charge in [0, 0.05) is 13.6 Å². The Morgan fingerprint density at radius 3 is 2.57 bits per heavy atom. The monoisotopic (exact) mass is 401 g/mol. The number of amides is 1. The van der Waals surface area contributed by atoms with Gasteiger partial charge in [0.1, 0.15) is 5.82 Å². The standard InChI is InChI=1S/C25H27N3O2/c1-4-18(2)20-13-11-19(12-14-20)16-28-22-9-6-5-8-21(22)26-24(28)17-27(3)25(29)23-10-7-15-30-23/h5-15,18H,4,16-17H2,1-3H3/t18-/m0/s1. The van der Waals surface area contributed by atoms with Gasteiger partial charge in [0.15, 0.2) is 5.76 Å². The van der Waals surface area contributed by atoms with Crippen molar-refractivity contribution in [2.75, 3.05) is 7.05 Å². The average Bonchev–Trinajstić information content (AvgIpc) is 3.42. The maximum Gasteiger partial charge on any atom is 0.289 e. The first-order chi connectivity index (χ1) is 14.6. The lowest BCUT2D eigenvalue weighted by molar-refractivity contribution is 0.0748. The van der Waals surface area contributed by atoms with Crippen LogP contribution in [0.4, 0.5) is 0 Å². The molecule has 0 spiro atoms. The first kappa shape index (κ1) is 20.0. The second kappa shape index (κ2) is 8.57. The maximum absolute atomic E-state index is 12.6. The smallest absolute Gasteiger partial charge is 0.289 e. The Hall–Kier alpha value is -3.34. The summed E-state index contributed by atoms with van der Waals surface area (Å²) in [5.41, 5.74) is 4.58. The molecule has 5 heteroatoms. The first-order valence-electron chi connectivity index (χ1n) is 10.4. The SMILES string of the molecule is CC[C@H](C)c1ccc(Cn2c(CN(C)C(=O)c3ccco3)nc3ccccc32)cc1. The Labute approximate surface area is 177 Å². The van der Waals surface area contributed by atoms with Gasteiger partial charge in [-0.3, -0.25) is 4.79 Å². The predicted molar refractivity (Wildman–Crippen MR) is 118 cm³/mol. The highest BCUT2D eigenvalue weighted by Crippen LogP contribution is 2.22. The van der Waals surface area contributed by atoms with Crippen LogP contribution >= 0.6 is 0 Å². The number of carbonyl (C=O) groups is 1. The summed E-state index contributed by atoms with van der Waals surface area (Å²) in [5.74, 6) is 1.59. The molecule has 1 atom stereocenters. The Morgan fingerprint density at radius 2 is 1.87 bits per heavy atom. The number of aromatic nitrogens is 2. The zero-order valence-electron chi connectivity index (χ0n) is 17.7. The Bertz CT molecular complexity index is 1130. The Kier molecular flexibility index (Phi) is 5.70. The number of hydrogen-bond donors (Lipinski definition) is 0. The Morgan fingerprint density at radius 1 is 1.10 bits per heavy atom. The number of furan rings is 1. The van der Waals surface area contributed by atoms with Crippen LogP contribution in [-0.4, -0.2) is 27.4 Å². The molecule has 0 aliphatic heterocycles. The van der Waals surface area contributed by atoms with Crippen LogP contribution in [0.25, 0.3) is 11.0 Å². The lowest BCUT2D eigenvalue weighted by Crippen LogP contribution is -2.27.